The minimum atomic E-state index is -1.25. The maximum Gasteiger partial charge on any atom is 0.339 e. The molecule has 0 fully saturated rings. The van der Waals surface area contributed by atoms with E-state index in [1.165, 1.54) is 12.1 Å². The van der Waals surface area contributed by atoms with Gasteiger partial charge in [0.1, 0.15) is 5.82 Å². The monoisotopic (exact) mass is 185 g/mol. The van der Waals surface area contributed by atoms with Crippen LogP contribution in [0.3, 0.4) is 0 Å². The highest BCUT2D eigenvalue weighted by molar-refractivity contribution is 5.74. The summed E-state index contributed by atoms with van der Waals surface area (Å²) in [6, 6.07) is 4.90. The molecule has 70 valence electrons. The van der Waals surface area contributed by atoms with E-state index in [-0.39, 0.29) is 0 Å². The van der Waals surface area contributed by atoms with Gasteiger partial charge in [0.25, 0.3) is 0 Å². The van der Waals surface area contributed by atoms with Crippen molar-refractivity contribution in [2.75, 3.05) is 0 Å². The van der Waals surface area contributed by atoms with Crippen molar-refractivity contribution in [1.29, 1.82) is 0 Å². The fourth-order valence-corrected chi connectivity index (χ4v) is 0.917. The van der Waals surface area contributed by atoms with Crippen molar-refractivity contribution in [3.63, 3.8) is 0 Å². The van der Waals surface area contributed by atoms with E-state index in [2.05, 4.69) is 4.84 Å². The molecule has 0 aliphatic heterocycles. The summed E-state index contributed by atoms with van der Waals surface area (Å²) in [6.45, 7) is 0. The molecule has 0 saturated heterocycles. The van der Waals surface area contributed by atoms with Crippen LogP contribution in [0, 0.1) is 5.82 Å². The van der Waals surface area contributed by atoms with Gasteiger partial charge in [-0.3, -0.25) is 4.84 Å². The molecule has 0 heterocycles. The lowest BCUT2D eigenvalue weighted by molar-refractivity contribution is -0.151. The van der Waals surface area contributed by atoms with Gasteiger partial charge in [0.2, 0.25) is 6.10 Å². The van der Waals surface area contributed by atoms with E-state index in [1.54, 1.807) is 0 Å². The lowest BCUT2D eigenvalue weighted by Crippen LogP contribution is -2.18. The largest absolute Gasteiger partial charge is 0.479 e. The molecule has 1 atom stereocenters. The lowest BCUT2D eigenvalue weighted by atomic mass is 10.1. The van der Waals surface area contributed by atoms with Gasteiger partial charge < -0.3 is 5.11 Å². The van der Waals surface area contributed by atoms with Gasteiger partial charge in [-0.15, -0.1) is 0 Å². The van der Waals surface area contributed by atoms with Gasteiger partial charge in [0.05, 0.1) is 0 Å². The van der Waals surface area contributed by atoms with Gasteiger partial charge in [-0.1, -0.05) is 12.1 Å². The van der Waals surface area contributed by atoms with Crippen LogP contribution in [0.25, 0.3) is 0 Å². The molecule has 0 saturated carbocycles. The average molecular weight is 185 g/mol. The Bertz CT molecular complexity index is 299. The van der Waals surface area contributed by atoms with Crippen LogP contribution in [-0.2, 0) is 9.63 Å². The molecule has 0 aromatic heterocycles. The summed E-state index contributed by atoms with van der Waals surface area (Å²) in [5, 5.41) is 8.60. The fraction of sp³-hybridized carbons (Fsp3) is 0.125. The first-order chi connectivity index (χ1) is 6.15. The summed E-state index contributed by atoms with van der Waals surface area (Å²) in [7, 11) is 0. The zero-order valence-electron chi connectivity index (χ0n) is 6.61. The Labute approximate surface area is 73.7 Å². The molecule has 1 aromatic rings. The maximum absolute atomic E-state index is 12.4. The van der Waals surface area contributed by atoms with Crippen LogP contribution >= 0.6 is 0 Å². The van der Waals surface area contributed by atoms with E-state index in [1.807, 2.05) is 0 Å². The average Bonchev–Trinajstić information content (AvgIpc) is 2.09. The highest BCUT2D eigenvalue weighted by Crippen LogP contribution is 2.15. The normalized spacial score (nSPS) is 12.5. The van der Waals surface area contributed by atoms with Crippen LogP contribution in [0.2, 0.25) is 0 Å². The number of benzene rings is 1. The first-order valence-corrected chi connectivity index (χ1v) is 3.49. The number of rotatable bonds is 3. The van der Waals surface area contributed by atoms with Gasteiger partial charge >= 0.3 is 5.97 Å². The number of carbonyl (C=O) groups is 1. The summed E-state index contributed by atoms with van der Waals surface area (Å²) in [5.41, 5.74) is 0.302. The van der Waals surface area contributed by atoms with Crippen LogP contribution in [-0.4, -0.2) is 11.1 Å². The third kappa shape index (κ3) is 2.24. The van der Waals surface area contributed by atoms with Crippen molar-refractivity contribution in [2.24, 2.45) is 5.90 Å². The molecule has 0 bridgehead atoms. The summed E-state index contributed by atoms with van der Waals surface area (Å²) < 4.78 is 12.4. The Hall–Kier alpha value is -1.46. The standard InChI is InChI=1S/C8H8FNO3/c9-6-3-1-5(2-4-6)7(13-10)8(11)12/h1-4,7H,10H2,(H,11,12). The number of nitrogens with two attached hydrogens (primary N) is 1. The smallest absolute Gasteiger partial charge is 0.339 e. The van der Waals surface area contributed by atoms with E-state index in [9.17, 15) is 9.18 Å². The third-order valence-electron chi connectivity index (χ3n) is 1.53. The number of carboxylic acids is 1. The lowest BCUT2D eigenvalue weighted by Gasteiger charge is -2.08. The van der Waals surface area contributed by atoms with E-state index >= 15 is 0 Å². The second-order valence-corrected chi connectivity index (χ2v) is 2.41. The molecular formula is C8H8FNO3. The molecule has 1 rings (SSSR count). The number of aliphatic carboxylic acids is 1. The van der Waals surface area contributed by atoms with E-state index < -0.39 is 17.9 Å². The van der Waals surface area contributed by atoms with Crippen molar-refractivity contribution in [3.05, 3.63) is 35.6 Å². The van der Waals surface area contributed by atoms with Gasteiger partial charge in [-0.05, 0) is 17.7 Å². The first-order valence-electron chi connectivity index (χ1n) is 3.49. The maximum atomic E-state index is 12.4. The van der Waals surface area contributed by atoms with Gasteiger partial charge in [-0.25, -0.2) is 15.1 Å². The summed E-state index contributed by atoms with van der Waals surface area (Å²) in [6.07, 6.45) is -1.25. The highest BCUT2D eigenvalue weighted by atomic mass is 19.1. The van der Waals surface area contributed by atoms with E-state index in [0.717, 1.165) is 12.1 Å². The topological polar surface area (TPSA) is 72.5 Å². The van der Waals surface area contributed by atoms with E-state index in [0.29, 0.717) is 5.56 Å². The fourth-order valence-electron chi connectivity index (χ4n) is 0.917. The SMILES string of the molecule is NOC(C(=O)O)c1ccc(F)cc1. The molecule has 1 aromatic carbocycles. The Morgan fingerprint density at radius 2 is 2.00 bits per heavy atom. The Morgan fingerprint density at radius 3 is 2.38 bits per heavy atom. The van der Waals surface area contributed by atoms with Gasteiger partial charge in [-0.2, -0.15) is 0 Å². The van der Waals surface area contributed by atoms with Crippen molar-refractivity contribution in [3.8, 4) is 0 Å². The number of hydrogen-bond acceptors (Lipinski definition) is 3. The Kier molecular flexibility index (Phi) is 2.94. The zero-order valence-corrected chi connectivity index (χ0v) is 6.61. The quantitative estimate of drug-likeness (QED) is 0.684. The van der Waals surface area contributed by atoms with Gasteiger partial charge in [0, 0.05) is 0 Å². The van der Waals surface area contributed by atoms with E-state index in [4.69, 9.17) is 11.0 Å². The minimum absolute atomic E-state index is 0.302. The van der Waals surface area contributed by atoms with Crippen molar-refractivity contribution < 1.29 is 19.1 Å². The van der Waals surface area contributed by atoms with Crippen molar-refractivity contribution in [2.45, 2.75) is 6.10 Å². The van der Waals surface area contributed by atoms with Crippen molar-refractivity contribution >= 4 is 5.97 Å². The molecule has 3 N–H and O–H groups in total. The molecule has 0 aliphatic rings. The molecular weight excluding hydrogens is 177 g/mol. The molecule has 0 radical (unpaired) electrons. The van der Waals surface area contributed by atoms with Crippen LogP contribution < -0.4 is 5.90 Å². The van der Waals surface area contributed by atoms with Crippen LogP contribution in [0.5, 0.6) is 0 Å². The third-order valence-corrected chi connectivity index (χ3v) is 1.53. The molecule has 5 heteroatoms. The second-order valence-electron chi connectivity index (χ2n) is 2.41. The van der Waals surface area contributed by atoms with Gasteiger partial charge in [0.15, 0.2) is 0 Å². The number of carboxylic acid groups (broad SMARTS) is 1. The number of hydrogen-bond donors (Lipinski definition) is 2. The summed E-state index contributed by atoms with van der Waals surface area (Å²) >= 11 is 0. The van der Waals surface area contributed by atoms with Crippen LogP contribution in [0.1, 0.15) is 11.7 Å². The summed E-state index contributed by atoms with van der Waals surface area (Å²) in [5.74, 6) is 3.12. The van der Waals surface area contributed by atoms with Crippen molar-refractivity contribution in [1.82, 2.24) is 0 Å². The molecule has 13 heavy (non-hydrogen) atoms. The second kappa shape index (κ2) is 3.97. The first kappa shape index (κ1) is 9.63. The molecule has 4 nitrogen and oxygen atoms in total. The molecule has 0 aliphatic carbocycles. The number of halogens is 1. The molecule has 1 unspecified atom stereocenters. The Balaban J connectivity index is 2.92. The molecule has 0 spiro atoms. The summed E-state index contributed by atoms with van der Waals surface area (Å²) in [4.78, 5) is 14.7. The minimum Gasteiger partial charge on any atom is -0.479 e. The predicted octanol–water partition coefficient (Wildman–Crippen LogP) is 0.842. The molecule has 0 amide bonds. The highest BCUT2D eigenvalue weighted by Gasteiger charge is 2.19. The van der Waals surface area contributed by atoms with Crippen LogP contribution in [0.4, 0.5) is 4.39 Å². The van der Waals surface area contributed by atoms with Crippen LogP contribution in [0.15, 0.2) is 24.3 Å². The predicted molar refractivity (Wildman–Crippen MR) is 42.0 cm³/mol. The zero-order chi connectivity index (χ0) is 9.84. The Morgan fingerprint density at radius 1 is 1.46 bits per heavy atom.